The number of aromatic nitrogens is 3. The van der Waals surface area contributed by atoms with Crippen LogP contribution in [0.1, 0.15) is 30.1 Å². The van der Waals surface area contributed by atoms with Crippen LogP contribution in [0.3, 0.4) is 0 Å². The van der Waals surface area contributed by atoms with Crippen molar-refractivity contribution in [3.05, 3.63) is 96.7 Å². The number of rotatable bonds is 8. The van der Waals surface area contributed by atoms with Crippen LogP contribution in [-0.2, 0) is 7.05 Å². The summed E-state index contributed by atoms with van der Waals surface area (Å²) in [7, 11) is 1.80. The van der Waals surface area contributed by atoms with Gasteiger partial charge in [0.1, 0.15) is 0 Å². The Kier molecular flexibility index (Phi) is 7.63. The number of benzene rings is 3. The van der Waals surface area contributed by atoms with E-state index in [-0.39, 0.29) is 11.9 Å². The number of hydrogen-bond acceptors (Lipinski definition) is 4. The maximum Gasteiger partial charge on any atom is 0.319 e. The molecule has 0 spiro atoms. The molecule has 3 aromatic carbocycles. The van der Waals surface area contributed by atoms with E-state index in [2.05, 4.69) is 28.0 Å². The van der Waals surface area contributed by atoms with Crippen LogP contribution in [0.4, 0.5) is 16.3 Å². The maximum absolute atomic E-state index is 14.0. The van der Waals surface area contributed by atoms with Gasteiger partial charge in [-0.2, -0.15) is 5.10 Å². The number of pyridine rings is 1. The minimum atomic E-state index is -0.318. The Balaban J connectivity index is 1.71. The highest BCUT2D eigenvalue weighted by Gasteiger charge is 2.24. The van der Waals surface area contributed by atoms with Crippen LogP contribution in [0, 0.1) is 0 Å². The maximum atomic E-state index is 14.0. The van der Waals surface area contributed by atoms with E-state index in [1.165, 1.54) is 0 Å². The molecular weight excluding hydrogens is 488 g/mol. The minimum Gasteiger partial charge on any atom is -0.338 e. The minimum absolute atomic E-state index is 0.292. The molecule has 0 unspecified atom stereocenters. The third-order valence-electron chi connectivity index (χ3n) is 6.35. The third-order valence-corrected chi connectivity index (χ3v) is 6.35. The summed E-state index contributed by atoms with van der Waals surface area (Å²) in [4.78, 5) is 31.5. The lowest BCUT2D eigenvalue weighted by Gasteiger charge is -2.18. The molecule has 196 valence electrons. The Hall–Kier alpha value is -4.98. The molecule has 5 rings (SSSR count). The predicted molar refractivity (Wildman–Crippen MR) is 156 cm³/mol. The molecule has 3 amide bonds. The second-order valence-electron chi connectivity index (χ2n) is 9.24. The van der Waals surface area contributed by atoms with Crippen molar-refractivity contribution >= 4 is 34.3 Å². The van der Waals surface area contributed by atoms with Gasteiger partial charge in [-0.1, -0.05) is 74.0 Å². The van der Waals surface area contributed by atoms with Crippen molar-refractivity contribution in [1.82, 2.24) is 20.1 Å². The van der Waals surface area contributed by atoms with E-state index in [1.54, 1.807) is 36.1 Å². The number of unbranched alkanes of at least 4 members (excludes halogenated alkanes) is 1. The number of hydrogen-bond donors (Lipinski definition) is 3. The summed E-state index contributed by atoms with van der Waals surface area (Å²) in [5.74, 6) is 0.124. The van der Waals surface area contributed by atoms with Crippen molar-refractivity contribution in [3.8, 4) is 22.4 Å². The van der Waals surface area contributed by atoms with Crippen LogP contribution in [0.25, 0.3) is 33.3 Å². The zero-order valence-corrected chi connectivity index (χ0v) is 21.9. The molecule has 8 heteroatoms. The molecule has 0 aliphatic carbocycles. The van der Waals surface area contributed by atoms with Crippen LogP contribution >= 0.6 is 0 Å². The van der Waals surface area contributed by atoms with E-state index < -0.39 is 0 Å². The number of anilines is 2. The molecule has 0 aliphatic heterocycles. The lowest BCUT2D eigenvalue weighted by Crippen LogP contribution is -2.29. The summed E-state index contributed by atoms with van der Waals surface area (Å²) < 4.78 is 1.63. The van der Waals surface area contributed by atoms with Gasteiger partial charge >= 0.3 is 6.03 Å². The molecule has 0 radical (unpaired) electrons. The fraction of sp³-hybridized carbons (Fsp3) is 0.161. The first kappa shape index (κ1) is 25.7. The molecule has 0 saturated carbocycles. The van der Waals surface area contributed by atoms with Crippen LogP contribution in [0.2, 0.25) is 0 Å². The lowest BCUT2D eigenvalue weighted by molar-refractivity contribution is 0.102. The highest BCUT2D eigenvalue weighted by molar-refractivity contribution is 6.19. The zero-order chi connectivity index (χ0) is 27.2. The number of carbonyl (C=O) groups is 2. The van der Waals surface area contributed by atoms with Crippen molar-refractivity contribution in [2.24, 2.45) is 7.05 Å². The molecule has 2 heterocycles. The first-order chi connectivity index (χ1) is 19.0. The highest BCUT2D eigenvalue weighted by Crippen LogP contribution is 2.38. The van der Waals surface area contributed by atoms with E-state index in [1.807, 2.05) is 66.7 Å². The molecular formula is C31H30N6O2. The molecule has 2 aromatic heterocycles. The lowest BCUT2D eigenvalue weighted by atomic mass is 9.91. The molecule has 39 heavy (non-hydrogen) atoms. The highest BCUT2D eigenvalue weighted by atomic mass is 16.2. The van der Waals surface area contributed by atoms with Gasteiger partial charge in [0.25, 0.3) is 5.91 Å². The van der Waals surface area contributed by atoms with E-state index in [9.17, 15) is 9.59 Å². The SMILES string of the molecule is CCCCNC(=O)Nc1ccc2nc(-c3ccccc3)c(-c3ccccc3)c(C(=O)Nc3ccn(C)n3)c2c1. The molecule has 3 N–H and O–H groups in total. The summed E-state index contributed by atoms with van der Waals surface area (Å²) in [5.41, 5.74) is 4.79. The number of fused-ring (bicyclic) bond motifs is 1. The monoisotopic (exact) mass is 518 g/mol. The number of nitrogens with zero attached hydrogens (tertiary/aromatic N) is 3. The van der Waals surface area contributed by atoms with Gasteiger partial charge in [-0.25, -0.2) is 9.78 Å². The Morgan fingerprint density at radius 1 is 0.872 bits per heavy atom. The Bertz CT molecular complexity index is 1610. The number of carbonyl (C=O) groups excluding carboxylic acids is 2. The molecule has 5 aromatic rings. The number of aryl methyl sites for hydroxylation is 1. The standard InChI is InChI=1S/C31H30N6O2/c1-3-4-18-32-31(39)33-23-15-16-25-24(20-23)28(30(38)35-26-17-19-37(2)36-26)27(21-11-7-5-8-12-21)29(34-25)22-13-9-6-10-14-22/h5-17,19-20H,3-4,18H2,1-2H3,(H2,32,33,39)(H,35,36,38). The fourth-order valence-corrected chi connectivity index (χ4v) is 4.48. The van der Waals surface area contributed by atoms with Crippen LogP contribution in [0.15, 0.2) is 91.1 Å². The predicted octanol–water partition coefficient (Wildman–Crippen LogP) is 6.48. The summed E-state index contributed by atoms with van der Waals surface area (Å²) in [6.45, 7) is 2.66. The molecule has 0 saturated heterocycles. The average Bonchev–Trinajstić information content (AvgIpc) is 3.37. The number of amides is 3. The molecule has 0 fully saturated rings. The molecule has 8 nitrogen and oxygen atoms in total. The molecule has 0 aliphatic rings. The van der Waals surface area contributed by atoms with Crippen LogP contribution in [0.5, 0.6) is 0 Å². The second kappa shape index (κ2) is 11.6. The van der Waals surface area contributed by atoms with Crippen molar-refractivity contribution < 1.29 is 9.59 Å². The Morgan fingerprint density at radius 3 is 2.26 bits per heavy atom. The van der Waals surface area contributed by atoms with Gasteiger partial charge in [-0.15, -0.1) is 0 Å². The van der Waals surface area contributed by atoms with Gasteiger partial charge < -0.3 is 16.0 Å². The second-order valence-corrected chi connectivity index (χ2v) is 9.24. The summed E-state index contributed by atoms with van der Waals surface area (Å²) in [6.07, 6.45) is 3.66. The molecule has 0 atom stereocenters. The molecule has 0 bridgehead atoms. The van der Waals surface area contributed by atoms with E-state index in [0.29, 0.717) is 45.8 Å². The number of nitrogens with one attached hydrogen (secondary N) is 3. The summed E-state index contributed by atoms with van der Waals surface area (Å²) in [5, 5.41) is 13.7. The average molecular weight is 519 g/mol. The van der Waals surface area contributed by atoms with Crippen molar-refractivity contribution in [2.45, 2.75) is 19.8 Å². The normalized spacial score (nSPS) is 10.8. The van der Waals surface area contributed by atoms with Gasteiger partial charge in [-0.3, -0.25) is 9.48 Å². The van der Waals surface area contributed by atoms with Gasteiger partial charge in [0, 0.05) is 48.1 Å². The van der Waals surface area contributed by atoms with Gasteiger partial charge in [0.05, 0.1) is 16.8 Å². The summed E-state index contributed by atoms with van der Waals surface area (Å²) >= 11 is 0. The largest absolute Gasteiger partial charge is 0.338 e. The smallest absolute Gasteiger partial charge is 0.319 e. The third kappa shape index (κ3) is 5.80. The van der Waals surface area contributed by atoms with Crippen molar-refractivity contribution in [1.29, 1.82) is 0 Å². The van der Waals surface area contributed by atoms with Gasteiger partial charge in [0.2, 0.25) is 0 Å². The van der Waals surface area contributed by atoms with Crippen molar-refractivity contribution in [2.75, 3.05) is 17.2 Å². The fourth-order valence-electron chi connectivity index (χ4n) is 4.48. The van der Waals surface area contributed by atoms with Crippen molar-refractivity contribution in [3.63, 3.8) is 0 Å². The quantitative estimate of drug-likeness (QED) is 0.205. The Morgan fingerprint density at radius 2 is 1.59 bits per heavy atom. The topological polar surface area (TPSA) is 101 Å². The Labute approximate surface area is 227 Å². The van der Waals surface area contributed by atoms with Gasteiger partial charge in [0.15, 0.2) is 5.82 Å². The first-order valence-electron chi connectivity index (χ1n) is 13.0. The zero-order valence-electron chi connectivity index (χ0n) is 21.9. The number of urea groups is 1. The van der Waals surface area contributed by atoms with E-state index in [0.717, 1.165) is 24.0 Å². The van der Waals surface area contributed by atoms with Crippen LogP contribution in [-0.4, -0.2) is 33.2 Å². The van der Waals surface area contributed by atoms with E-state index in [4.69, 9.17) is 4.98 Å². The summed E-state index contributed by atoms with van der Waals surface area (Å²) in [6, 6.07) is 26.5. The van der Waals surface area contributed by atoms with E-state index >= 15 is 0 Å². The first-order valence-corrected chi connectivity index (χ1v) is 13.0. The van der Waals surface area contributed by atoms with Gasteiger partial charge in [-0.05, 0) is 30.2 Å². The van der Waals surface area contributed by atoms with Crippen LogP contribution < -0.4 is 16.0 Å².